The zero-order valence-electron chi connectivity index (χ0n) is 18.5. The molecule has 0 aliphatic carbocycles. The molecule has 1 atom stereocenters. The van der Waals surface area contributed by atoms with Crippen molar-refractivity contribution in [3.8, 4) is 0 Å². The standard InChI is InChI=1S/C25H27N3O4S/c1-2-33(30,31)21-12-10-19(11-13-21)17-27-25(29)22-9-6-14-26-24(22)28-15-16-32-18-23(28)20-7-4-3-5-8-20/h3-14,23H,2,15-18H2,1H3,(H,27,29). The van der Waals surface area contributed by atoms with Gasteiger partial charge in [-0.3, -0.25) is 4.79 Å². The SMILES string of the molecule is CCS(=O)(=O)c1ccc(CNC(=O)c2cccnc2N2CCOCC2c2ccccc2)cc1. The molecule has 8 heteroatoms. The number of morpholine rings is 1. The number of hydrogen-bond donors (Lipinski definition) is 1. The third-order valence-electron chi connectivity index (χ3n) is 5.73. The summed E-state index contributed by atoms with van der Waals surface area (Å²) in [6.45, 7) is 3.61. The van der Waals surface area contributed by atoms with Crippen molar-refractivity contribution in [1.82, 2.24) is 10.3 Å². The van der Waals surface area contributed by atoms with E-state index in [4.69, 9.17) is 4.74 Å². The van der Waals surface area contributed by atoms with Crippen LogP contribution in [0, 0.1) is 0 Å². The number of aromatic nitrogens is 1. The molecule has 3 aromatic rings. The van der Waals surface area contributed by atoms with Crippen LogP contribution in [-0.2, 0) is 21.1 Å². The van der Waals surface area contributed by atoms with Crippen LogP contribution in [-0.4, -0.2) is 44.8 Å². The highest BCUT2D eigenvalue weighted by Crippen LogP contribution is 2.30. The first-order valence-electron chi connectivity index (χ1n) is 10.9. The molecule has 2 aromatic carbocycles. The van der Waals surface area contributed by atoms with Crippen molar-refractivity contribution in [1.29, 1.82) is 0 Å². The van der Waals surface area contributed by atoms with Crippen LogP contribution in [0.3, 0.4) is 0 Å². The molecule has 1 amide bonds. The minimum absolute atomic E-state index is 0.0329. The number of anilines is 1. The molecule has 1 unspecified atom stereocenters. The maximum Gasteiger partial charge on any atom is 0.255 e. The van der Waals surface area contributed by atoms with E-state index in [-0.39, 0.29) is 29.1 Å². The van der Waals surface area contributed by atoms with Crippen LogP contribution < -0.4 is 10.2 Å². The van der Waals surface area contributed by atoms with Crippen molar-refractivity contribution in [3.63, 3.8) is 0 Å². The molecular formula is C25H27N3O4S. The molecule has 0 bridgehead atoms. The Bertz CT molecular complexity index is 1200. The highest BCUT2D eigenvalue weighted by molar-refractivity contribution is 7.91. The second-order valence-electron chi connectivity index (χ2n) is 7.80. The lowest BCUT2D eigenvalue weighted by Gasteiger charge is -2.37. The summed E-state index contributed by atoms with van der Waals surface area (Å²) in [7, 11) is -3.25. The predicted octanol–water partition coefficient (Wildman–Crippen LogP) is 3.38. The molecule has 1 N–H and O–H groups in total. The number of sulfone groups is 1. The van der Waals surface area contributed by atoms with Gasteiger partial charge in [-0.15, -0.1) is 0 Å². The van der Waals surface area contributed by atoms with Crippen molar-refractivity contribution < 1.29 is 17.9 Å². The summed E-state index contributed by atoms with van der Waals surface area (Å²) < 4.78 is 29.7. The topological polar surface area (TPSA) is 88.6 Å². The number of ether oxygens (including phenoxy) is 1. The lowest BCUT2D eigenvalue weighted by atomic mass is 10.0. The molecular weight excluding hydrogens is 438 g/mol. The Kier molecular flexibility index (Phi) is 7.05. The van der Waals surface area contributed by atoms with E-state index in [9.17, 15) is 13.2 Å². The van der Waals surface area contributed by atoms with Gasteiger partial charge in [0.05, 0.1) is 35.5 Å². The molecule has 0 spiro atoms. The predicted molar refractivity (Wildman–Crippen MR) is 127 cm³/mol. The zero-order valence-corrected chi connectivity index (χ0v) is 19.3. The molecule has 1 fully saturated rings. The Morgan fingerprint density at radius 1 is 1.09 bits per heavy atom. The fraction of sp³-hybridized carbons (Fsp3) is 0.280. The van der Waals surface area contributed by atoms with Crippen LogP contribution in [0.5, 0.6) is 0 Å². The molecule has 1 aromatic heterocycles. The number of benzene rings is 2. The van der Waals surface area contributed by atoms with Gasteiger partial charge in [0.2, 0.25) is 0 Å². The fourth-order valence-electron chi connectivity index (χ4n) is 3.87. The number of carbonyl (C=O) groups is 1. The summed E-state index contributed by atoms with van der Waals surface area (Å²) in [5, 5.41) is 2.94. The van der Waals surface area contributed by atoms with E-state index in [0.29, 0.717) is 31.1 Å². The number of carbonyl (C=O) groups excluding carboxylic acids is 1. The van der Waals surface area contributed by atoms with Crippen molar-refractivity contribution >= 4 is 21.6 Å². The van der Waals surface area contributed by atoms with Gasteiger partial charge in [0.25, 0.3) is 5.91 Å². The van der Waals surface area contributed by atoms with E-state index in [1.54, 1.807) is 49.5 Å². The van der Waals surface area contributed by atoms with E-state index >= 15 is 0 Å². The maximum absolute atomic E-state index is 13.1. The van der Waals surface area contributed by atoms with Gasteiger partial charge >= 0.3 is 0 Å². The summed E-state index contributed by atoms with van der Waals surface area (Å²) in [4.78, 5) is 20.0. The molecule has 33 heavy (non-hydrogen) atoms. The highest BCUT2D eigenvalue weighted by atomic mass is 32.2. The summed E-state index contributed by atoms with van der Waals surface area (Å²) >= 11 is 0. The number of nitrogens with one attached hydrogen (secondary N) is 1. The largest absolute Gasteiger partial charge is 0.377 e. The Labute approximate surface area is 194 Å². The van der Waals surface area contributed by atoms with Crippen molar-refractivity contribution in [2.24, 2.45) is 0 Å². The lowest BCUT2D eigenvalue weighted by molar-refractivity contribution is 0.0915. The monoisotopic (exact) mass is 465 g/mol. The van der Waals surface area contributed by atoms with Crippen LogP contribution in [0.1, 0.15) is 34.5 Å². The number of amides is 1. The number of hydrogen-bond acceptors (Lipinski definition) is 6. The molecule has 1 aliphatic heterocycles. The molecule has 4 rings (SSSR count). The zero-order chi connectivity index (χ0) is 23.3. The molecule has 7 nitrogen and oxygen atoms in total. The van der Waals surface area contributed by atoms with E-state index in [2.05, 4.69) is 27.3 Å². The quantitative estimate of drug-likeness (QED) is 0.576. The van der Waals surface area contributed by atoms with Gasteiger partial charge in [-0.1, -0.05) is 49.4 Å². The van der Waals surface area contributed by atoms with Gasteiger partial charge in [0, 0.05) is 19.3 Å². The Morgan fingerprint density at radius 2 is 1.85 bits per heavy atom. The van der Waals surface area contributed by atoms with Gasteiger partial charge in [0.1, 0.15) is 5.82 Å². The highest BCUT2D eigenvalue weighted by Gasteiger charge is 2.28. The summed E-state index contributed by atoms with van der Waals surface area (Å²) in [6, 6.07) is 20.1. The van der Waals surface area contributed by atoms with Gasteiger partial charge < -0.3 is 15.0 Å². The molecule has 0 radical (unpaired) electrons. The van der Waals surface area contributed by atoms with E-state index in [1.165, 1.54) is 0 Å². The summed E-state index contributed by atoms with van der Waals surface area (Å²) in [5.74, 6) is 0.441. The molecule has 1 aliphatic rings. The van der Waals surface area contributed by atoms with Gasteiger partial charge in [-0.25, -0.2) is 13.4 Å². The second-order valence-corrected chi connectivity index (χ2v) is 10.1. The normalized spacial score (nSPS) is 16.4. The minimum Gasteiger partial charge on any atom is -0.377 e. The number of nitrogens with zero attached hydrogens (tertiary/aromatic N) is 2. The van der Waals surface area contributed by atoms with Crippen LogP contribution >= 0.6 is 0 Å². The van der Waals surface area contributed by atoms with E-state index < -0.39 is 9.84 Å². The van der Waals surface area contributed by atoms with E-state index in [0.717, 1.165) is 11.1 Å². The molecule has 172 valence electrons. The number of rotatable bonds is 7. The Balaban J connectivity index is 1.51. The second kappa shape index (κ2) is 10.1. The first kappa shape index (κ1) is 22.9. The number of pyridine rings is 1. The maximum atomic E-state index is 13.1. The molecule has 2 heterocycles. The Hall–Kier alpha value is -3.23. The minimum atomic E-state index is -3.25. The molecule has 0 saturated carbocycles. The van der Waals surface area contributed by atoms with Crippen LogP contribution in [0.2, 0.25) is 0 Å². The van der Waals surface area contributed by atoms with Crippen molar-refractivity contribution in [2.75, 3.05) is 30.4 Å². The summed E-state index contributed by atoms with van der Waals surface area (Å²) in [5.41, 5.74) is 2.42. The van der Waals surface area contributed by atoms with Crippen LogP contribution in [0.25, 0.3) is 0 Å². The van der Waals surface area contributed by atoms with Crippen molar-refractivity contribution in [2.45, 2.75) is 24.4 Å². The first-order valence-corrected chi connectivity index (χ1v) is 12.6. The fourth-order valence-corrected chi connectivity index (χ4v) is 4.75. The Morgan fingerprint density at radius 3 is 2.58 bits per heavy atom. The molecule has 1 saturated heterocycles. The van der Waals surface area contributed by atoms with Gasteiger partial charge in [-0.2, -0.15) is 0 Å². The van der Waals surface area contributed by atoms with E-state index in [1.807, 2.05) is 18.2 Å². The summed E-state index contributed by atoms with van der Waals surface area (Å²) in [6.07, 6.45) is 1.69. The van der Waals surface area contributed by atoms with Crippen LogP contribution in [0.15, 0.2) is 77.8 Å². The average molecular weight is 466 g/mol. The van der Waals surface area contributed by atoms with Gasteiger partial charge in [0.15, 0.2) is 9.84 Å². The first-order chi connectivity index (χ1) is 16.0. The van der Waals surface area contributed by atoms with Crippen LogP contribution in [0.4, 0.5) is 5.82 Å². The smallest absolute Gasteiger partial charge is 0.255 e. The average Bonchev–Trinajstić information content (AvgIpc) is 2.88. The third kappa shape index (κ3) is 5.23. The van der Waals surface area contributed by atoms with Crippen molar-refractivity contribution in [3.05, 3.63) is 89.6 Å². The lowest BCUT2D eigenvalue weighted by Crippen LogP contribution is -2.41. The third-order valence-corrected chi connectivity index (χ3v) is 7.48. The van der Waals surface area contributed by atoms with Gasteiger partial charge in [-0.05, 0) is 35.4 Å².